The van der Waals surface area contributed by atoms with Gasteiger partial charge in [-0.3, -0.25) is 4.79 Å². The summed E-state index contributed by atoms with van der Waals surface area (Å²) >= 11 is 0. The topological polar surface area (TPSA) is 67.4 Å². The van der Waals surface area contributed by atoms with Crippen LogP contribution in [0.4, 0.5) is 0 Å². The van der Waals surface area contributed by atoms with Crippen molar-refractivity contribution in [2.75, 3.05) is 33.7 Å². The van der Waals surface area contributed by atoms with Crippen LogP contribution in [0.15, 0.2) is 12.4 Å². The van der Waals surface area contributed by atoms with Crippen molar-refractivity contribution >= 4 is 30.7 Å². The Labute approximate surface area is 188 Å². The Morgan fingerprint density at radius 3 is 2.45 bits per heavy atom. The van der Waals surface area contributed by atoms with E-state index in [1.807, 2.05) is 11.1 Å². The normalized spacial score (nSPS) is 19.5. The number of amides is 1. The molecule has 0 aromatic carbocycles. The van der Waals surface area contributed by atoms with Crippen molar-refractivity contribution in [3.63, 3.8) is 0 Å². The smallest absolute Gasteiger partial charge is 0.239 e. The number of imidazole rings is 1. The highest BCUT2D eigenvalue weighted by atomic mass is 35.5. The Kier molecular flexibility index (Phi) is 11.6. The Morgan fingerprint density at radius 2 is 1.83 bits per heavy atom. The number of rotatable bonds is 7. The zero-order chi connectivity index (χ0) is 19.2. The van der Waals surface area contributed by atoms with E-state index in [4.69, 9.17) is 5.73 Å². The molecule has 29 heavy (non-hydrogen) atoms. The van der Waals surface area contributed by atoms with E-state index in [0.29, 0.717) is 11.8 Å². The van der Waals surface area contributed by atoms with Crippen molar-refractivity contribution in [2.24, 2.45) is 11.7 Å². The molecule has 1 atom stereocenters. The van der Waals surface area contributed by atoms with Crippen LogP contribution in [0, 0.1) is 5.92 Å². The van der Waals surface area contributed by atoms with Crippen LogP contribution in [0.2, 0.25) is 0 Å². The minimum Gasteiger partial charge on any atom is -0.341 e. The van der Waals surface area contributed by atoms with Gasteiger partial charge in [0, 0.05) is 37.9 Å². The molecule has 1 aromatic rings. The van der Waals surface area contributed by atoms with Crippen LogP contribution in [0.1, 0.15) is 63.1 Å². The lowest BCUT2D eigenvalue weighted by Gasteiger charge is -2.36. The van der Waals surface area contributed by atoms with Gasteiger partial charge in [0.25, 0.3) is 0 Å². The molecule has 0 radical (unpaired) electrons. The number of aromatic nitrogens is 2. The molecule has 2 heterocycles. The maximum absolute atomic E-state index is 12.8. The van der Waals surface area contributed by atoms with Crippen LogP contribution in [-0.2, 0) is 11.3 Å². The fourth-order valence-electron chi connectivity index (χ4n) is 4.69. The van der Waals surface area contributed by atoms with Crippen molar-refractivity contribution < 1.29 is 4.79 Å². The number of carbonyl (C=O) groups is 1. The Bertz CT molecular complexity index is 596. The standard InChI is InChI=1S/C21H37N5O.2ClH/c1-24(2)12-6-13-25-16-11-23-20(25)18-9-14-26(15-10-18)21(27)19(22)17-7-4-3-5-8-17;;/h11,16-19H,3-10,12-15,22H2,1-2H3;2*1H/t19-;;/m1../s1. The zero-order valence-corrected chi connectivity index (χ0v) is 19.6. The summed E-state index contributed by atoms with van der Waals surface area (Å²) in [6.07, 6.45) is 13.1. The molecule has 1 saturated heterocycles. The predicted molar refractivity (Wildman–Crippen MR) is 123 cm³/mol. The summed E-state index contributed by atoms with van der Waals surface area (Å²) in [4.78, 5) is 21.7. The third kappa shape index (κ3) is 7.12. The second-order valence-corrected chi connectivity index (χ2v) is 8.66. The molecule has 0 spiro atoms. The lowest BCUT2D eigenvalue weighted by Crippen LogP contribution is -2.50. The van der Waals surface area contributed by atoms with E-state index >= 15 is 0 Å². The highest BCUT2D eigenvalue weighted by Gasteiger charge is 2.32. The van der Waals surface area contributed by atoms with Gasteiger partial charge < -0.3 is 20.1 Å². The summed E-state index contributed by atoms with van der Waals surface area (Å²) < 4.78 is 2.30. The van der Waals surface area contributed by atoms with Gasteiger partial charge in [0.05, 0.1) is 6.04 Å². The molecular formula is C21H39Cl2N5O. The number of likely N-dealkylation sites (tertiary alicyclic amines) is 1. The van der Waals surface area contributed by atoms with E-state index < -0.39 is 0 Å². The van der Waals surface area contributed by atoms with Gasteiger partial charge in [-0.2, -0.15) is 0 Å². The third-order valence-corrected chi connectivity index (χ3v) is 6.37. The van der Waals surface area contributed by atoms with Crippen LogP contribution in [0.3, 0.4) is 0 Å². The van der Waals surface area contributed by atoms with Crippen LogP contribution in [-0.4, -0.2) is 65.0 Å². The highest BCUT2D eigenvalue weighted by Crippen LogP contribution is 2.30. The molecule has 2 aliphatic rings. The molecule has 1 aliphatic carbocycles. The molecule has 1 amide bonds. The fraction of sp³-hybridized carbons (Fsp3) is 0.810. The Balaban J connectivity index is 0.00000210. The molecule has 168 valence electrons. The molecule has 2 N–H and O–H groups in total. The molecule has 2 fully saturated rings. The van der Waals surface area contributed by atoms with E-state index in [2.05, 4.69) is 34.7 Å². The molecule has 1 saturated carbocycles. The summed E-state index contributed by atoms with van der Waals surface area (Å²) in [6.45, 7) is 3.73. The van der Waals surface area contributed by atoms with Crippen LogP contribution < -0.4 is 5.73 Å². The summed E-state index contributed by atoms with van der Waals surface area (Å²) in [5, 5.41) is 0. The van der Waals surface area contributed by atoms with Gasteiger partial charge in [-0.05, 0) is 58.7 Å². The molecule has 6 nitrogen and oxygen atoms in total. The lowest BCUT2D eigenvalue weighted by molar-refractivity contribution is -0.135. The van der Waals surface area contributed by atoms with Crippen LogP contribution in [0.5, 0.6) is 0 Å². The van der Waals surface area contributed by atoms with Crippen molar-refractivity contribution in [1.29, 1.82) is 0 Å². The monoisotopic (exact) mass is 447 g/mol. The number of halogens is 2. The fourth-order valence-corrected chi connectivity index (χ4v) is 4.69. The van der Waals surface area contributed by atoms with Gasteiger partial charge in [-0.15, -0.1) is 24.8 Å². The SMILES string of the molecule is CN(C)CCCn1ccnc1C1CCN(C(=O)[C@H](N)C2CCCCC2)CC1.Cl.Cl. The van der Waals surface area contributed by atoms with Gasteiger partial charge in [0.15, 0.2) is 0 Å². The van der Waals surface area contributed by atoms with E-state index in [-0.39, 0.29) is 36.8 Å². The van der Waals surface area contributed by atoms with Crippen LogP contribution >= 0.6 is 24.8 Å². The molecule has 1 aromatic heterocycles. The third-order valence-electron chi connectivity index (χ3n) is 6.37. The first-order chi connectivity index (χ1) is 13.1. The summed E-state index contributed by atoms with van der Waals surface area (Å²) in [5.74, 6) is 2.21. The zero-order valence-electron chi connectivity index (χ0n) is 18.0. The maximum Gasteiger partial charge on any atom is 0.239 e. The first kappa shape index (κ1) is 26.2. The van der Waals surface area contributed by atoms with E-state index in [0.717, 1.165) is 58.3 Å². The Morgan fingerprint density at radius 1 is 1.17 bits per heavy atom. The second-order valence-electron chi connectivity index (χ2n) is 8.66. The van der Waals surface area contributed by atoms with Gasteiger partial charge in [-0.1, -0.05) is 19.3 Å². The number of aryl methyl sites for hydroxylation is 1. The lowest BCUT2D eigenvalue weighted by atomic mass is 9.83. The van der Waals surface area contributed by atoms with Gasteiger partial charge >= 0.3 is 0 Å². The predicted octanol–water partition coefficient (Wildman–Crippen LogP) is 3.29. The number of piperidine rings is 1. The Hall–Kier alpha value is -0.820. The van der Waals surface area contributed by atoms with Crippen molar-refractivity contribution in [3.8, 4) is 0 Å². The minimum absolute atomic E-state index is 0. The largest absolute Gasteiger partial charge is 0.341 e. The summed E-state index contributed by atoms with van der Waals surface area (Å²) in [7, 11) is 4.22. The number of hydrogen-bond acceptors (Lipinski definition) is 4. The van der Waals surface area contributed by atoms with Crippen molar-refractivity contribution in [2.45, 2.75) is 69.9 Å². The average molecular weight is 448 g/mol. The molecule has 3 rings (SSSR count). The van der Waals surface area contributed by atoms with E-state index in [9.17, 15) is 4.79 Å². The summed E-state index contributed by atoms with van der Waals surface area (Å²) in [5.41, 5.74) is 6.34. The molecule has 1 aliphatic heterocycles. The van der Waals surface area contributed by atoms with Gasteiger partial charge in [0.1, 0.15) is 5.82 Å². The van der Waals surface area contributed by atoms with Crippen LogP contribution in [0.25, 0.3) is 0 Å². The molecule has 0 bridgehead atoms. The van der Waals surface area contributed by atoms with Gasteiger partial charge in [0.2, 0.25) is 5.91 Å². The quantitative estimate of drug-likeness (QED) is 0.695. The molecule has 8 heteroatoms. The molecular weight excluding hydrogens is 409 g/mol. The van der Waals surface area contributed by atoms with Crippen molar-refractivity contribution in [3.05, 3.63) is 18.2 Å². The first-order valence-corrected chi connectivity index (χ1v) is 10.8. The van der Waals surface area contributed by atoms with E-state index in [1.165, 1.54) is 25.1 Å². The highest BCUT2D eigenvalue weighted by molar-refractivity contribution is 5.85. The van der Waals surface area contributed by atoms with E-state index in [1.54, 1.807) is 0 Å². The number of carbonyl (C=O) groups excluding carboxylic acids is 1. The number of nitrogens with zero attached hydrogens (tertiary/aromatic N) is 4. The second kappa shape index (κ2) is 12.8. The average Bonchev–Trinajstić information content (AvgIpc) is 3.16. The number of nitrogens with two attached hydrogens (primary N) is 1. The first-order valence-electron chi connectivity index (χ1n) is 10.8. The van der Waals surface area contributed by atoms with Crippen molar-refractivity contribution in [1.82, 2.24) is 19.4 Å². The minimum atomic E-state index is -0.296. The molecule has 0 unspecified atom stereocenters. The summed E-state index contributed by atoms with van der Waals surface area (Å²) in [6, 6.07) is -0.296. The van der Waals surface area contributed by atoms with Gasteiger partial charge in [-0.25, -0.2) is 4.98 Å². The maximum atomic E-state index is 12.8. The number of hydrogen-bond donors (Lipinski definition) is 1.